The maximum Gasteiger partial charge on any atom is 0.348 e. The second-order valence-corrected chi connectivity index (χ2v) is 8.85. The largest absolute Gasteiger partial charge is 0.494 e. The fourth-order valence-corrected chi connectivity index (χ4v) is 4.34. The molecule has 5 aromatic rings. The van der Waals surface area contributed by atoms with Gasteiger partial charge in [-0.15, -0.1) is 0 Å². The van der Waals surface area contributed by atoms with E-state index in [0.717, 1.165) is 11.1 Å². The zero-order valence-electron chi connectivity index (χ0n) is 22.3. The molecule has 6 heteroatoms. The van der Waals surface area contributed by atoms with Gasteiger partial charge in [0.05, 0.1) is 13.2 Å². The number of rotatable bonds is 10. The van der Waals surface area contributed by atoms with Crippen molar-refractivity contribution in [1.29, 1.82) is 0 Å². The van der Waals surface area contributed by atoms with Crippen LogP contribution in [0.15, 0.2) is 108 Å². The smallest absolute Gasteiger partial charge is 0.348 e. The normalized spacial score (nSPS) is 11.1. The molecule has 1 aromatic heterocycles. The van der Waals surface area contributed by atoms with E-state index in [9.17, 15) is 9.59 Å². The molecule has 6 nitrogen and oxygen atoms in total. The van der Waals surface area contributed by atoms with Gasteiger partial charge in [0.2, 0.25) is 0 Å². The van der Waals surface area contributed by atoms with Crippen molar-refractivity contribution in [2.24, 2.45) is 0 Å². The monoisotopic (exact) mass is 532 g/mol. The van der Waals surface area contributed by atoms with Crippen LogP contribution in [0.5, 0.6) is 17.2 Å². The zero-order valence-corrected chi connectivity index (χ0v) is 22.3. The first kappa shape index (κ1) is 26.5. The third-order valence-electron chi connectivity index (χ3n) is 6.19. The standard InChI is InChI=1S/C34H28O6/c1-3-37-27-19-21-31-28(22-27)32(33(40-31)25-11-6-5-7-12-25)34(36)39-26-17-14-23(15-18-26)29(35)20-16-24-10-8-9-13-30(24)38-4-2/h5-22H,3-4H2,1-2H3/b20-16+. The topological polar surface area (TPSA) is 75.0 Å². The number of para-hydroxylation sites is 1. The van der Waals surface area contributed by atoms with Gasteiger partial charge >= 0.3 is 5.97 Å². The summed E-state index contributed by atoms with van der Waals surface area (Å²) in [7, 11) is 0. The van der Waals surface area contributed by atoms with Gasteiger partial charge in [-0.05, 0) is 74.5 Å². The van der Waals surface area contributed by atoms with E-state index in [2.05, 4.69) is 0 Å². The highest BCUT2D eigenvalue weighted by Crippen LogP contribution is 2.36. The van der Waals surface area contributed by atoms with E-state index < -0.39 is 5.97 Å². The molecule has 0 N–H and O–H groups in total. The average Bonchev–Trinajstić information content (AvgIpc) is 3.37. The van der Waals surface area contributed by atoms with E-state index in [0.29, 0.717) is 58.3 Å². The van der Waals surface area contributed by atoms with Crippen LogP contribution in [-0.4, -0.2) is 25.0 Å². The van der Waals surface area contributed by atoms with Gasteiger partial charge in [-0.3, -0.25) is 4.79 Å². The fourth-order valence-electron chi connectivity index (χ4n) is 4.34. The van der Waals surface area contributed by atoms with E-state index in [-0.39, 0.29) is 5.78 Å². The first-order valence-electron chi connectivity index (χ1n) is 13.1. The van der Waals surface area contributed by atoms with Crippen LogP contribution in [0, 0.1) is 0 Å². The molecule has 200 valence electrons. The van der Waals surface area contributed by atoms with E-state index in [1.165, 1.54) is 6.08 Å². The minimum Gasteiger partial charge on any atom is -0.494 e. The molecule has 0 fully saturated rings. The number of furan rings is 1. The summed E-state index contributed by atoms with van der Waals surface area (Å²) in [5.41, 5.74) is 2.89. The summed E-state index contributed by atoms with van der Waals surface area (Å²) in [5.74, 6) is 1.31. The number of carbonyl (C=O) groups is 2. The molecule has 0 radical (unpaired) electrons. The molecule has 0 saturated carbocycles. The first-order valence-corrected chi connectivity index (χ1v) is 13.1. The molecule has 0 aliphatic heterocycles. The van der Waals surface area contributed by atoms with Crippen molar-refractivity contribution in [3.8, 4) is 28.6 Å². The quantitative estimate of drug-likeness (QED) is 0.0785. The Hall–Kier alpha value is -5.10. The van der Waals surface area contributed by atoms with Gasteiger partial charge in [0.25, 0.3) is 0 Å². The summed E-state index contributed by atoms with van der Waals surface area (Å²) in [6.45, 7) is 4.84. The van der Waals surface area contributed by atoms with Crippen LogP contribution in [0.25, 0.3) is 28.4 Å². The second kappa shape index (κ2) is 12.2. The minimum atomic E-state index is -0.572. The SMILES string of the molecule is CCOc1ccc2oc(-c3ccccc3)c(C(=O)Oc3ccc(C(=O)/C=C/c4ccccc4OCC)cc3)c2c1. The van der Waals surface area contributed by atoms with Gasteiger partial charge in [-0.2, -0.15) is 0 Å². The molecular formula is C34H28O6. The predicted molar refractivity (Wildman–Crippen MR) is 155 cm³/mol. The van der Waals surface area contributed by atoms with Crippen LogP contribution in [0.2, 0.25) is 0 Å². The van der Waals surface area contributed by atoms with Gasteiger partial charge in [0.1, 0.15) is 34.2 Å². The van der Waals surface area contributed by atoms with E-state index in [4.69, 9.17) is 18.6 Å². The lowest BCUT2D eigenvalue weighted by Gasteiger charge is -2.07. The number of fused-ring (bicyclic) bond motifs is 1. The molecule has 0 aliphatic carbocycles. The Morgan fingerprint density at radius 3 is 2.23 bits per heavy atom. The highest BCUT2D eigenvalue weighted by molar-refractivity contribution is 6.10. The molecule has 0 amide bonds. The lowest BCUT2D eigenvalue weighted by molar-refractivity contribution is 0.0737. The molecule has 1 heterocycles. The maximum atomic E-state index is 13.5. The molecule has 0 atom stereocenters. The molecule has 40 heavy (non-hydrogen) atoms. The van der Waals surface area contributed by atoms with Crippen LogP contribution in [0.1, 0.15) is 40.1 Å². The third kappa shape index (κ3) is 5.81. The van der Waals surface area contributed by atoms with Gasteiger partial charge < -0.3 is 18.6 Å². The van der Waals surface area contributed by atoms with Gasteiger partial charge in [-0.25, -0.2) is 4.79 Å². The van der Waals surface area contributed by atoms with Crippen molar-refractivity contribution in [3.05, 3.63) is 120 Å². The summed E-state index contributed by atoms with van der Waals surface area (Å²) in [6, 6.07) is 28.7. The molecule has 0 bridgehead atoms. The Bertz CT molecular complexity index is 1660. The molecule has 0 saturated heterocycles. The summed E-state index contributed by atoms with van der Waals surface area (Å²) >= 11 is 0. The Balaban J connectivity index is 1.38. The van der Waals surface area contributed by atoms with E-state index in [1.807, 2.05) is 68.4 Å². The fraction of sp³-hybridized carbons (Fsp3) is 0.118. The number of allylic oxidation sites excluding steroid dienone is 1. The summed E-state index contributed by atoms with van der Waals surface area (Å²) in [4.78, 5) is 26.3. The van der Waals surface area contributed by atoms with Crippen LogP contribution in [0.3, 0.4) is 0 Å². The van der Waals surface area contributed by atoms with Gasteiger partial charge in [0, 0.05) is 22.1 Å². The van der Waals surface area contributed by atoms with Crippen LogP contribution < -0.4 is 14.2 Å². The number of ether oxygens (including phenoxy) is 3. The number of hydrogen-bond donors (Lipinski definition) is 0. The molecule has 4 aromatic carbocycles. The molecule has 5 rings (SSSR count). The van der Waals surface area contributed by atoms with Crippen LogP contribution in [-0.2, 0) is 0 Å². The lowest BCUT2D eigenvalue weighted by atomic mass is 10.1. The average molecular weight is 533 g/mol. The van der Waals surface area contributed by atoms with E-state index in [1.54, 1.807) is 48.5 Å². The molecule has 0 aliphatic rings. The van der Waals surface area contributed by atoms with Gasteiger partial charge in [0.15, 0.2) is 5.78 Å². The number of ketones is 1. The van der Waals surface area contributed by atoms with Crippen molar-refractivity contribution >= 4 is 28.8 Å². The Morgan fingerprint density at radius 2 is 1.48 bits per heavy atom. The number of carbonyl (C=O) groups excluding carboxylic acids is 2. The maximum absolute atomic E-state index is 13.5. The van der Waals surface area contributed by atoms with Crippen molar-refractivity contribution in [1.82, 2.24) is 0 Å². The molecule has 0 spiro atoms. The minimum absolute atomic E-state index is 0.181. The first-order chi connectivity index (χ1) is 19.6. The summed E-state index contributed by atoms with van der Waals surface area (Å²) < 4.78 is 23.1. The van der Waals surface area contributed by atoms with Crippen molar-refractivity contribution in [3.63, 3.8) is 0 Å². The number of benzene rings is 4. The second-order valence-electron chi connectivity index (χ2n) is 8.85. The van der Waals surface area contributed by atoms with Crippen LogP contribution >= 0.6 is 0 Å². The van der Waals surface area contributed by atoms with Crippen LogP contribution in [0.4, 0.5) is 0 Å². The lowest BCUT2D eigenvalue weighted by Crippen LogP contribution is -2.09. The highest BCUT2D eigenvalue weighted by atomic mass is 16.5. The summed E-state index contributed by atoms with van der Waals surface area (Å²) in [6.07, 6.45) is 3.23. The zero-order chi connectivity index (χ0) is 27.9. The number of hydrogen-bond acceptors (Lipinski definition) is 6. The number of esters is 1. The third-order valence-corrected chi connectivity index (χ3v) is 6.19. The Kier molecular flexibility index (Phi) is 8.07. The predicted octanol–water partition coefficient (Wildman–Crippen LogP) is 8.01. The van der Waals surface area contributed by atoms with Crippen molar-refractivity contribution < 1.29 is 28.2 Å². The van der Waals surface area contributed by atoms with Gasteiger partial charge in [-0.1, -0.05) is 48.5 Å². The highest BCUT2D eigenvalue weighted by Gasteiger charge is 2.24. The Morgan fingerprint density at radius 1 is 0.775 bits per heavy atom. The van der Waals surface area contributed by atoms with Crippen molar-refractivity contribution in [2.75, 3.05) is 13.2 Å². The summed E-state index contributed by atoms with van der Waals surface area (Å²) in [5, 5.41) is 0.596. The molecular weight excluding hydrogens is 504 g/mol. The molecule has 0 unspecified atom stereocenters. The van der Waals surface area contributed by atoms with E-state index >= 15 is 0 Å². The van der Waals surface area contributed by atoms with Crippen molar-refractivity contribution in [2.45, 2.75) is 13.8 Å². The Labute approximate surface area is 232 Å².